The monoisotopic (exact) mass is 234 g/mol. The maximum absolute atomic E-state index is 12.0. The molecule has 1 aromatic rings. The molecule has 3 nitrogen and oxygen atoms in total. The van der Waals surface area contributed by atoms with Crippen molar-refractivity contribution in [2.75, 3.05) is 11.9 Å². The Bertz CT molecular complexity index is 339. The Morgan fingerprint density at radius 2 is 2.12 bits per heavy atom. The molecule has 0 bridgehead atoms. The zero-order valence-electron chi connectivity index (χ0n) is 9.01. The molecule has 0 saturated carbocycles. The van der Waals surface area contributed by atoms with E-state index in [0.717, 1.165) is 0 Å². The van der Waals surface area contributed by atoms with Gasteiger partial charge in [-0.05, 0) is 26.0 Å². The maximum Gasteiger partial charge on any atom is 0.422 e. The first-order chi connectivity index (χ1) is 7.38. The Balaban J connectivity index is 2.71. The highest BCUT2D eigenvalue weighted by molar-refractivity contribution is 5.52. The number of anilines is 1. The standard InChI is InChI=1S/C10H13F3N2O/c1-7(2)15-8-4-3-5-14-9(8)16-6-10(11,12)13/h3-5,7,15H,6H2,1-2H3. The number of pyridine rings is 1. The molecule has 0 aliphatic rings. The predicted octanol–water partition coefficient (Wildman–Crippen LogP) is 2.84. The summed E-state index contributed by atoms with van der Waals surface area (Å²) in [5.41, 5.74) is 0.460. The largest absolute Gasteiger partial charge is 0.467 e. The van der Waals surface area contributed by atoms with Crippen LogP contribution in [-0.2, 0) is 0 Å². The Morgan fingerprint density at radius 3 is 2.69 bits per heavy atom. The number of hydrogen-bond donors (Lipinski definition) is 1. The molecule has 0 fully saturated rings. The van der Waals surface area contributed by atoms with E-state index < -0.39 is 12.8 Å². The topological polar surface area (TPSA) is 34.2 Å². The second-order valence-electron chi connectivity index (χ2n) is 3.56. The average Bonchev–Trinajstić information content (AvgIpc) is 2.14. The Labute approximate surface area is 91.6 Å². The Hall–Kier alpha value is -1.46. The van der Waals surface area contributed by atoms with Gasteiger partial charge in [-0.3, -0.25) is 0 Å². The van der Waals surface area contributed by atoms with Crippen molar-refractivity contribution in [2.45, 2.75) is 26.1 Å². The fraction of sp³-hybridized carbons (Fsp3) is 0.500. The number of rotatable bonds is 4. The summed E-state index contributed by atoms with van der Waals surface area (Å²) in [6, 6.07) is 3.35. The molecule has 1 N–H and O–H groups in total. The van der Waals surface area contributed by atoms with E-state index in [2.05, 4.69) is 15.0 Å². The highest BCUT2D eigenvalue weighted by Gasteiger charge is 2.29. The van der Waals surface area contributed by atoms with Crippen molar-refractivity contribution in [1.82, 2.24) is 4.98 Å². The van der Waals surface area contributed by atoms with Gasteiger partial charge in [-0.15, -0.1) is 0 Å². The summed E-state index contributed by atoms with van der Waals surface area (Å²) in [6.45, 7) is 2.41. The molecule has 0 aliphatic carbocycles. The number of hydrogen-bond acceptors (Lipinski definition) is 3. The highest BCUT2D eigenvalue weighted by atomic mass is 19.4. The van der Waals surface area contributed by atoms with Crippen molar-refractivity contribution in [1.29, 1.82) is 0 Å². The van der Waals surface area contributed by atoms with E-state index in [0.29, 0.717) is 5.69 Å². The molecule has 0 spiro atoms. The van der Waals surface area contributed by atoms with E-state index in [1.807, 2.05) is 13.8 Å². The van der Waals surface area contributed by atoms with Crippen LogP contribution in [0, 0.1) is 0 Å². The first-order valence-electron chi connectivity index (χ1n) is 4.79. The molecule has 6 heteroatoms. The second-order valence-corrected chi connectivity index (χ2v) is 3.56. The first-order valence-corrected chi connectivity index (χ1v) is 4.79. The van der Waals surface area contributed by atoms with Gasteiger partial charge in [-0.2, -0.15) is 13.2 Å². The van der Waals surface area contributed by atoms with Gasteiger partial charge in [0.1, 0.15) is 0 Å². The lowest BCUT2D eigenvalue weighted by molar-refractivity contribution is -0.153. The molecule has 0 amide bonds. The molecule has 1 rings (SSSR count). The minimum Gasteiger partial charge on any atom is -0.467 e. The number of aromatic nitrogens is 1. The average molecular weight is 234 g/mol. The first kappa shape index (κ1) is 12.6. The van der Waals surface area contributed by atoms with Gasteiger partial charge >= 0.3 is 6.18 Å². The zero-order chi connectivity index (χ0) is 12.2. The molecule has 1 aromatic heterocycles. The lowest BCUT2D eigenvalue weighted by atomic mass is 10.3. The van der Waals surface area contributed by atoms with Crippen LogP contribution >= 0.6 is 0 Å². The smallest absolute Gasteiger partial charge is 0.422 e. The van der Waals surface area contributed by atoms with Gasteiger partial charge in [-0.1, -0.05) is 0 Å². The van der Waals surface area contributed by atoms with E-state index in [4.69, 9.17) is 0 Å². The van der Waals surface area contributed by atoms with Gasteiger partial charge in [-0.25, -0.2) is 4.98 Å². The maximum atomic E-state index is 12.0. The summed E-state index contributed by atoms with van der Waals surface area (Å²) < 4.78 is 40.5. The number of alkyl halides is 3. The van der Waals surface area contributed by atoms with Crippen LogP contribution in [0.4, 0.5) is 18.9 Å². The summed E-state index contributed by atoms with van der Waals surface area (Å²) in [5, 5.41) is 2.95. The normalized spacial score (nSPS) is 11.6. The third-order valence-electron chi connectivity index (χ3n) is 1.59. The summed E-state index contributed by atoms with van der Waals surface area (Å²) in [4.78, 5) is 3.75. The highest BCUT2D eigenvalue weighted by Crippen LogP contribution is 2.24. The lowest BCUT2D eigenvalue weighted by Gasteiger charge is -2.14. The molecule has 0 saturated heterocycles. The van der Waals surface area contributed by atoms with Crippen LogP contribution < -0.4 is 10.1 Å². The molecule has 0 atom stereocenters. The number of nitrogens with zero attached hydrogens (tertiary/aromatic N) is 1. The third kappa shape index (κ3) is 4.37. The van der Waals surface area contributed by atoms with Crippen molar-refractivity contribution in [3.05, 3.63) is 18.3 Å². The van der Waals surface area contributed by atoms with Crippen LogP contribution in [0.15, 0.2) is 18.3 Å². The van der Waals surface area contributed by atoms with E-state index >= 15 is 0 Å². The van der Waals surface area contributed by atoms with Crippen LogP contribution in [0.25, 0.3) is 0 Å². The number of nitrogens with one attached hydrogen (secondary N) is 1. The van der Waals surface area contributed by atoms with Crippen LogP contribution in [-0.4, -0.2) is 23.8 Å². The van der Waals surface area contributed by atoms with Crippen molar-refractivity contribution in [3.63, 3.8) is 0 Å². The molecule has 0 radical (unpaired) electrons. The zero-order valence-corrected chi connectivity index (χ0v) is 9.01. The number of halogens is 3. The van der Waals surface area contributed by atoms with Crippen LogP contribution in [0.1, 0.15) is 13.8 Å². The molecule has 0 aliphatic heterocycles. The van der Waals surface area contributed by atoms with Gasteiger partial charge in [0, 0.05) is 12.2 Å². The van der Waals surface area contributed by atoms with Crippen LogP contribution in [0.2, 0.25) is 0 Å². The molecule has 1 heterocycles. The fourth-order valence-electron chi connectivity index (χ4n) is 1.08. The molecule has 16 heavy (non-hydrogen) atoms. The van der Waals surface area contributed by atoms with Crippen LogP contribution in [0.3, 0.4) is 0 Å². The molecular weight excluding hydrogens is 221 g/mol. The van der Waals surface area contributed by atoms with Crippen molar-refractivity contribution < 1.29 is 17.9 Å². The molecule has 0 unspecified atom stereocenters. The third-order valence-corrected chi connectivity index (χ3v) is 1.59. The summed E-state index contributed by atoms with van der Waals surface area (Å²) in [6.07, 6.45) is -2.97. The van der Waals surface area contributed by atoms with Crippen LogP contribution in [0.5, 0.6) is 5.88 Å². The second kappa shape index (κ2) is 5.05. The van der Waals surface area contributed by atoms with E-state index in [1.54, 1.807) is 12.1 Å². The van der Waals surface area contributed by atoms with Gasteiger partial charge in [0.25, 0.3) is 0 Å². The Morgan fingerprint density at radius 1 is 1.44 bits per heavy atom. The van der Waals surface area contributed by atoms with E-state index in [-0.39, 0.29) is 11.9 Å². The van der Waals surface area contributed by atoms with Crippen molar-refractivity contribution in [3.8, 4) is 5.88 Å². The summed E-state index contributed by atoms with van der Waals surface area (Å²) >= 11 is 0. The quantitative estimate of drug-likeness (QED) is 0.869. The summed E-state index contributed by atoms with van der Waals surface area (Å²) in [5.74, 6) is -0.0338. The molecule has 0 aromatic carbocycles. The molecule has 90 valence electrons. The van der Waals surface area contributed by atoms with Gasteiger partial charge < -0.3 is 10.1 Å². The van der Waals surface area contributed by atoms with E-state index in [1.165, 1.54) is 6.20 Å². The number of ether oxygens (including phenoxy) is 1. The SMILES string of the molecule is CC(C)Nc1cccnc1OCC(F)(F)F. The summed E-state index contributed by atoms with van der Waals surface area (Å²) in [7, 11) is 0. The van der Waals surface area contributed by atoms with E-state index in [9.17, 15) is 13.2 Å². The van der Waals surface area contributed by atoms with Gasteiger partial charge in [0.2, 0.25) is 5.88 Å². The predicted molar refractivity (Wildman–Crippen MR) is 54.5 cm³/mol. The Kier molecular flexibility index (Phi) is 3.98. The van der Waals surface area contributed by atoms with Gasteiger partial charge in [0.15, 0.2) is 6.61 Å². The van der Waals surface area contributed by atoms with Crippen molar-refractivity contribution >= 4 is 5.69 Å². The lowest BCUT2D eigenvalue weighted by Crippen LogP contribution is -2.20. The fourth-order valence-corrected chi connectivity index (χ4v) is 1.08. The van der Waals surface area contributed by atoms with Crippen molar-refractivity contribution in [2.24, 2.45) is 0 Å². The molecular formula is C10H13F3N2O. The minimum absolute atomic E-state index is 0.0338. The minimum atomic E-state index is -4.35. The van der Waals surface area contributed by atoms with Gasteiger partial charge in [0.05, 0.1) is 5.69 Å².